The molecule has 1 rings (SSSR count). The third-order valence-electron chi connectivity index (χ3n) is 5.46. The van der Waals surface area contributed by atoms with Gasteiger partial charge in [0.05, 0.1) is 6.61 Å². The fraction of sp³-hybridized carbons (Fsp3) is 0.889. The van der Waals surface area contributed by atoms with Gasteiger partial charge in [0.2, 0.25) is 0 Å². The second-order valence-corrected chi connectivity index (χ2v) is 7.67. The molecule has 0 bridgehead atoms. The Morgan fingerprint density at radius 3 is 2.32 bits per heavy atom. The molecule has 0 aromatic heterocycles. The SMILES string of the molecule is CC(C)[C@@H]1CC[C@@H](C)C[C@H]1C=C[C@@](C)(CO)C(C)C. The van der Waals surface area contributed by atoms with Crippen LogP contribution in [-0.2, 0) is 0 Å². The molecule has 4 atom stereocenters. The molecule has 1 aliphatic rings. The van der Waals surface area contributed by atoms with E-state index in [1.165, 1.54) is 19.3 Å². The van der Waals surface area contributed by atoms with Crippen molar-refractivity contribution in [2.45, 2.75) is 60.8 Å². The molecule has 1 saturated carbocycles. The highest BCUT2D eigenvalue weighted by Gasteiger charge is 2.30. The summed E-state index contributed by atoms with van der Waals surface area (Å²) in [5.74, 6) is 3.62. The average molecular weight is 266 g/mol. The first-order valence-corrected chi connectivity index (χ1v) is 8.10. The third-order valence-corrected chi connectivity index (χ3v) is 5.46. The van der Waals surface area contributed by atoms with Crippen LogP contribution in [-0.4, -0.2) is 11.7 Å². The summed E-state index contributed by atoms with van der Waals surface area (Å²) in [5, 5.41) is 9.66. The molecule has 0 aromatic rings. The van der Waals surface area contributed by atoms with Crippen LogP contribution in [0.2, 0.25) is 0 Å². The molecule has 0 radical (unpaired) electrons. The van der Waals surface area contributed by atoms with Gasteiger partial charge in [-0.05, 0) is 42.4 Å². The summed E-state index contributed by atoms with van der Waals surface area (Å²) in [6.45, 7) is 13.9. The number of allylic oxidation sites excluding steroid dienone is 1. The number of rotatable bonds is 5. The van der Waals surface area contributed by atoms with E-state index in [9.17, 15) is 5.11 Å². The summed E-state index contributed by atoms with van der Waals surface area (Å²) in [4.78, 5) is 0. The summed E-state index contributed by atoms with van der Waals surface area (Å²) in [5.41, 5.74) is -0.0672. The smallest absolute Gasteiger partial charge is 0.0521 e. The Bertz CT molecular complexity index is 292. The monoisotopic (exact) mass is 266 g/mol. The van der Waals surface area contributed by atoms with E-state index in [1.807, 2.05) is 0 Å². The van der Waals surface area contributed by atoms with Crippen LogP contribution in [0.4, 0.5) is 0 Å². The third kappa shape index (κ3) is 4.34. The molecule has 0 aromatic carbocycles. The van der Waals surface area contributed by atoms with E-state index in [2.05, 4.69) is 53.7 Å². The van der Waals surface area contributed by atoms with Crippen LogP contribution >= 0.6 is 0 Å². The van der Waals surface area contributed by atoms with Gasteiger partial charge in [-0.1, -0.05) is 60.1 Å². The second-order valence-electron chi connectivity index (χ2n) is 7.67. The summed E-state index contributed by atoms with van der Waals surface area (Å²) in [6.07, 6.45) is 8.80. The van der Waals surface area contributed by atoms with Crippen molar-refractivity contribution in [1.29, 1.82) is 0 Å². The Kier molecular flexibility index (Phi) is 6.11. The van der Waals surface area contributed by atoms with Crippen molar-refractivity contribution in [3.05, 3.63) is 12.2 Å². The van der Waals surface area contributed by atoms with Gasteiger partial charge in [0, 0.05) is 5.41 Å². The van der Waals surface area contributed by atoms with Gasteiger partial charge in [-0.2, -0.15) is 0 Å². The zero-order valence-electron chi connectivity index (χ0n) is 13.8. The molecule has 1 fully saturated rings. The Labute approximate surface area is 120 Å². The van der Waals surface area contributed by atoms with Crippen LogP contribution in [0.5, 0.6) is 0 Å². The summed E-state index contributed by atoms with van der Waals surface area (Å²) < 4.78 is 0. The van der Waals surface area contributed by atoms with E-state index in [0.717, 1.165) is 17.8 Å². The largest absolute Gasteiger partial charge is 0.395 e. The fourth-order valence-corrected chi connectivity index (χ4v) is 3.27. The molecule has 0 heterocycles. The topological polar surface area (TPSA) is 20.2 Å². The first kappa shape index (κ1) is 16.8. The highest BCUT2D eigenvalue weighted by Crippen LogP contribution is 2.40. The molecule has 0 unspecified atom stereocenters. The lowest BCUT2D eigenvalue weighted by Gasteiger charge is -2.37. The van der Waals surface area contributed by atoms with Crippen LogP contribution in [0.15, 0.2) is 12.2 Å². The van der Waals surface area contributed by atoms with Gasteiger partial charge in [-0.15, -0.1) is 0 Å². The maximum absolute atomic E-state index is 9.66. The Balaban J connectivity index is 2.80. The maximum atomic E-state index is 9.66. The minimum atomic E-state index is -0.0672. The Morgan fingerprint density at radius 1 is 1.21 bits per heavy atom. The Morgan fingerprint density at radius 2 is 1.84 bits per heavy atom. The van der Waals surface area contributed by atoms with E-state index in [0.29, 0.717) is 11.8 Å². The predicted octanol–water partition coefficient (Wildman–Crippen LogP) is 4.91. The van der Waals surface area contributed by atoms with E-state index in [4.69, 9.17) is 0 Å². The van der Waals surface area contributed by atoms with Crippen molar-refractivity contribution in [2.24, 2.45) is 35.0 Å². The standard InChI is InChI=1S/C18H34O/c1-13(2)17-8-7-15(5)11-16(17)9-10-18(6,12-19)14(3)4/h9-10,13-17,19H,7-8,11-12H2,1-6H3/t15-,16-,17+,18+/m1/s1. The van der Waals surface area contributed by atoms with E-state index in [-0.39, 0.29) is 12.0 Å². The van der Waals surface area contributed by atoms with Gasteiger partial charge in [-0.3, -0.25) is 0 Å². The number of hydrogen-bond donors (Lipinski definition) is 1. The van der Waals surface area contributed by atoms with Crippen molar-refractivity contribution < 1.29 is 5.11 Å². The molecule has 0 amide bonds. The molecule has 19 heavy (non-hydrogen) atoms. The second kappa shape index (κ2) is 6.92. The number of hydrogen-bond acceptors (Lipinski definition) is 1. The van der Waals surface area contributed by atoms with Gasteiger partial charge >= 0.3 is 0 Å². The summed E-state index contributed by atoms with van der Waals surface area (Å²) in [6, 6.07) is 0. The molecule has 0 aliphatic heterocycles. The van der Waals surface area contributed by atoms with Gasteiger partial charge in [0.25, 0.3) is 0 Å². The van der Waals surface area contributed by atoms with Crippen molar-refractivity contribution in [2.75, 3.05) is 6.61 Å². The van der Waals surface area contributed by atoms with Crippen LogP contribution in [0.3, 0.4) is 0 Å². The molecule has 1 aliphatic carbocycles. The molecular weight excluding hydrogens is 232 g/mol. The van der Waals surface area contributed by atoms with Crippen molar-refractivity contribution >= 4 is 0 Å². The highest BCUT2D eigenvalue weighted by atomic mass is 16.3. The van der Waals surface area contributed by atoms with Crippen LogP contribution in [0.1, 0.15) is 60.8 Å². The predicted molar refractivity (Wildman–Crippen MR) is 84.0 cm³/mol. The van der Waals surface area contributed by atoms with E-state index >= 15 is 0 Å². The minimum Gasteiger partial charge on any atom is -0.395 e. The summed E-state index contributed by atoms with van der Waals surface area (Å²) in [7, 11) is 0. The van der Waals surface area contributed by atoms with Gasteiger partial charge in [-0.25, -0.2) is 0 Å². The minimum absolute atomic E-state index is 0.0672. The van der Waals surface area contributed by atoms with Gasteiger partial charge in [0.15, 0.2) is 0 Å². The Hall–Kier alpha value is -0.300. The quantitative estimate of drug-likeness (QED) is 0.701. The zero-order valence-corrected chi connectivity index (χ0v) is 13.8. The summed E-state index contributed by atoms with van der Waals surface area (Å²) >= 11 is 0. The number of aliphatic hydroxyl groups is 1. The fourth-order valence-electron chi connectivity index (χ4n) is 3.27. The first-order chi connectivity index (χ1) is 8.80. The van der Waals surface area contributed by atoms with Crippen LogP contribution in [0.25, 0.3) is 0 Å². The van der Waals surface area contributed by atoms with Crippen molar-refractivity contribution in [3.8, 4) is 0 Å². The van der Waals surface area contributed by atoms with Crippen molar-refractivity contribution in [3.63, 3.8) is 0 Å². The van der Waals surface area contributed by atoms with E-state index in [1.54, 1.807) is 0 Å². The highest BCUT2D eigenvalue weighted by molar-refractivity contribution is 5.04. The first-order valence-electron chi connectivity index (χ1n) is 8.10. The lowest BCUT2D eigenvalue weighted by Crippen LogP contribution is -2.29. The molecule has 0 saturated heterocycles. The lowest BCUT2D eigenvalue weighted by molar-refractivity contribution is 0.136. The lowest BCUT2D eigenvalue weighted by atomic mass is 9.69. The molecule has 112 valence electrons. The molecule has 1 nitrogen and oxygen atoms in total. The van der Waals surface area contributed by atoms with Gasteiger partial charge < -0.3 is 5.11 Å². The zero-order chi connectivity index (χ0) is 14.6. The molecular formula is C18H34O. The normalized spacial score (nSPS) is 32.2. The van der Waals surface area contributed by atoms with E-state index < -0.39 is 0 Å². The molecule has 1 N–H and O–H groups in total. The maximum Gasteiger partial charge on any atom is 0.0521 e. The number of aliphatic hydroxyl groups excluding tert-OH is 1. The molecule has 0 spiro atoms. The van der Waals surface area contributed by atoms with Gasteiger partial charge in [0.1, 0.15) is 0 Å². The van der Waals surface area contributed by atoms with Crippen LogP contribution in [0, 0.1) is 35.0 Å². The van der Waals surface area contributed by atoms with Crippen LogP contribution < -0.4 is 0 Å². The average Bonchev–Trinajstić information content (AvgIpc) is 2.35. The van der Waals surface area contributed by atoms with Crippen molar-refractivity contribution in [1.82, 2.24) is 0 Å². The molecule has 1 heteroatoms.